The molecule has 1 N–H and O–H groups in total. The molecule has 1 aromatic carbocycles. The number of hydrogen-bond donors (Lipinski definition) is 1. The first kappa shape index (κ1) is 15.4. The van der Waals surface area contributed by atoms with E-state index in [-0.39, 0.29) is 16.8 Å². The van der Waals surface area contributed by atoms with E-state index in [1.807, 2.05) is 7.05 Å². The van der Waals surface area contributed by atoms with E-state index in [0.29, 0.717) is 13.1 Å². The number of benzene rings is 1. The highest BCUT2D eigenvalue weighted by atomic mass is 19.1. The Labute approximate surface area is 122 Å². The maximum atomic E-state index is 13.8. The van der Waals surface area contributed by atoms with Crippen molar-refractivity contribution in [2.45, 2.75) is 25.3 Å². The Morgan fingerprint density at radius 1 is 1.43 bits per heavy atom. The van der Waals surface area contributed by atoms with Gasteiger partial charge in [0, 0.05) is 30.8 Å². The molecule has 0 radical (unpaired) electrons. The molecule has 7 heteroatoms. The van der Waals surface area contributed by atoms with Crippen LogP contribution in [-0.2, 0) is 0 Å². The highest BCUT2D eigenvalue weighted by Gasteiger charge is 2.31. The fourth-order valence-electron chi connectivity index (χ4n) is 2.41. The SMILES string of the molecule is CNC1(C)CCN(C(=O)c2cc([N+](=O)[O-])ccc2F)CC1. The standard InChI is InChI=1S/C14H18FN3O3/c1-14(16-2)5-7-17(8-6-14)13(19)11-9-10(18(20)21)3-4-12(11)15/h3-4,9,16H,5-8H2,1-2H3. The molecule has 1 amide bonds. The average molecular weight is 295 g/mol. The van der Waals surface area contributed by atoms with Crippen molar-refractivity contribution >= 4 is 11.6 Å². The van der Waals surface area contributed by atoms with Crippen molar-refractivity contribution in [2.75, 3.05) is 20.1 Å². The second-order valence-electron chi connectivity index (χ2n) is 5.52. The molecule has 21 heavy (non-hydrogen) atoms. The molecule has 0 unspecified atom stereocenters. The van der Waals surface area contributed by atoms with Gasteiger partial charge in [-0.3, -0.25) is 14.9 Å². The number of nitro benzene ring substituents is 1. The Bertz CT molecular complexity index is 569. The quantitative estimate of drug-likeness (QED) is 0.683. The summed E-state index contributed by atoms with van der Waals surface area (Å²) in [5, 5.41) is 14.0. The summed E-state index contributed by atoms with van der Waals surface area (Å²) in [7, 11) is 1.87. The molecule has 0 spiro atoms. The lowest BCUT2D eigenvalue weighted by atomic mass is 9.89. The van der Waals surface area contributed by atoms with Crippen LogP contribution in [0.4, 0.5) is 10.1 Å². The fourth-order valence-corrected chi connectivity index (χ4v) is 2.41. The van der Waals surface area contributed by atoms with E-state index in [9.17, 15) is 19.3 Å². The minimum atomic E-state index is -0.729. The summed E-state index contributed by atoms with van der Waals surface area (Å²) < 4.78 is 13.8. The monoisotopic (exact) mass is 295 g/mol. The predicted octanol–water partition coefficient (Wildman–Crippen LogP) is 1.95. The summed E-state index contributed by atoms with van der Waals surface area (Å²) in [5.41, 5.74) is -0.549. The van der Waals surface area contributed by atoms with Gasteiger partial charge in [0.05, 0.1) is 10.5 Å². The van der Waals surface area contributed by atoms with Crippen LogP contribution in [0.1, 0.15) is 30.1 Å². The Morgan fingerprint density at radius 2 is 2.05 bits per heavy atom. The van der Waals surface area contributed by atoms with Crippen LogP contribution in [0.5, 0.6) is 0 Å². The third-order valence-electron chi connectivity index (χ3n) is 4.15. The minimum Gasteiger partial charge on any atom is -0.338 e. The van der Waals surface area contributed by atoms with Gasteiger partial charge < -0.3 is 10.2 Å². The predicted molar refractivity (Wildman–Crippen MR) is 75.7 cm³/mol. The third-order valence-corrected chi connectivity index (χ3v) is 4.15. The van der Waals surface area contributed by atoms with Crippen LogP contribution < -0.4 is 5.32 Å². The highest BCUT2D eigenvalue weighted by Crippen LogP contribution is 2.24. The van der Waals surface area contributed by atoms with Gasteiger partial charge in [-0.05, 0) is 32.9 Å². The molecular formula is C14H18FN3O3. The van der Waals surface area contributed by atoms with Crippen molar-refractivity contribution in [3.8, 4) is 0 Å². The Hall–Kier alpha value is -2.02. The molecule has 0 saturated carbocycles. The van der Waals surface area contributed by atoms with Gasteiger partial charge in [0.2, 0.25) is 0 Å². The smallest absolute Gasteiger partial charge is 0.270 e. The number of nitrogens with zero attached hydrogens (tertiary/aromatic N) is 2. The van der Waals surface area contributed by atoms with Crippen molar-refractivity contribution in [2.24, 2.45) is 0 Å². The van der Waals surface area contributed by atoms with Gasteiger partial charge in [-0.15, -0.1) is 0 Å². The van der Waals surface area contributed by atoms with Crippen molar-refractivity contribution in [3.05, 3.63) is 39.7 Å². The number of likely N-dealkylation sites (tertiary alicyclic amines) is 1. The van der Waals surface area contributed by atoms with E-state index in [4.69, 9.17) is 0 Å². The van der Waals surface area contributed by atoms with Crippen LogP contribution in [-0.4, -0.2) is 41.4 Å². The van der Waals surface area contributed by atoms with Crippen LogP contribution in [0, 0.1) is 15.9 Å². The number of rotatable bonds is 3. The molecule has 0 aliphatic carbocycles. The number of carbonyl (C=O) groups excluding carboxylic acids is 1. The molecule has 1 saturated heterocycles. The van der Waals surface area contributed by atoms with Gasteiger partial charge in [0.25, 0.3) is 11.6 Å². The summed E-state index contributed by atoms with van der Waals surface area (Å²) in [6.45, 7) is 3.07. The van der Waals surface area contributed by atoms with Gasteiger partial charge in [-0.2, -0.15) is 0 Å². The number of halogens is 1. The number of hydrogen-bond acceptors (Lipinski definition) is 4. The molecule has 1 aliphatic heterocycles. The number of nitro groups is 1. The van der Waals surface area contributed by atoms with Crippen LogP contribution in [0.2, 0.25) is 0 Å². The van der Waals surface area contributed by atoms with Crippen molar-refractivity contribution < 1.29 is 14.1 Å². The largest absolute Gasteiger partial charge is 0.338 e. The van der Waals surface area contributed by atoms with Gasteiger partial charge in [0.15, 0.2) is 0 Å². The van der Waals surface area contributed by atoms with Crippen LogP contribution in [0.25, 0.3) is 0 Å². The molecule has 1 aliphatic rings. The second kappa shape index (κ2) is 5.77. The molecule has 0 bridgehead atoms. The van der Waals surface area contributed by atoms with Crippen LogP contribution >= 0.6 is 0 Å². The van der Waals surface area contributed by atoms with Gasteiger partial charge in [0.1, 0.15) is 5.82 Å². The summed E-state index contributed by atoms with van der Waals surface area (Å²) >= 11 is 0. The van der Waals surface area contributed by atoms with Crippen LogP contribution in [0.15, 0.2) is 18.2 Å². The lowest BCUT2D eigenvalue weighted by Crippen LogP contribution is -2.51. The second-order valence-corrected chi connectivity index (χ2v) is 5.52. The van der Waals surface area contributed by atoms with E-state index in [1.165, 1.54) is 0 Å². The zero-order chi connectivity index (χ0) is 15.6. The van der Waals surface area contributed by atoms with E-state index in [1.54, 1.807) is 4.90 Å². The molecule has 114 valence electrons. The van der Waals surface area contributed by atoms with Gasteiger partial charge in [-0.1, -0.05) is 0 Å². The van der Waals surface area contributed by atoms with Crippen molar-refractivity contribution in [1.82, 2.24) is 10.2 Å². The number of carbonyl (C=O) groups is 1. The van der Waals surface area contributed by atoms with E-state index in [0.717, 1.165) is 31.0 Å². The molecule has 0 atom stereocenters. The van der Waals surface area contributed by atoms with Crippen LogP contribution in [0.3, 0.4) is 0 Å². The molecule has 2 rings (SSSR count). The normalized spacial score (nSPS) is 17.6. The zero-order valence-electron chi connectivity index (χ0n) is 12.1. The first-order valence-corrected chi connectivity index (χ1v) is 6.78. The average Bonchev–Trinajstić information content (AvgIpc) is 2.47. The van der Waals surface area contributed by atoms with Gasteiger partial charge >= 0.3 is 0 Å². The number of nitrogens with one attached hydrogen (secondary N) is 1. The molecule has 1 heterocycles. The molecule has 1 aromatic rings. The maximum absolute atomic E-state index is 13.8. The Kier molecular flexibility index (Phi) is 4.22. The zero-order valence-corrected chi connectivity index (χ0v) is 12.1. The number of amides is 1. The lowest BCUT2D eigenvalue weighted by molar-refractivity contribution is -0.384. The molecule has 6 nitrogen and oxygen atoms in total. The first-order valence-electron chi connectivity index (χ1n) is 6.78. The molecule has 1 fully saturated rings. The molecular weight excluding hydrogens is 277 g/mol. The van der Waals surface area contributed by atoms with Crippen molar-refractivity contribution in [1.29, 1.82) is 0 Å². The fraction of sp³-hybridized carbons (Fsp3) is 0.500. The number of non-ortho nitro benzene ring substituents is 1. The lowest BCUT2D eigenvalue weighted by Gasteiger charge is -2.39. The summed E-state index contributed by atoms with van der Waals surface area (Å²) in [5.74, 6) is -1.22. The first-order chi connectivity index (χ1) is 9.86. The number of piperidine rings is 1. The van der Waals surface area contributed by atoms with Gasteiger partial charge in [-0.25, -0.2) is 4.39 Å². The summed E-state index contributed by atoms with van der Waals surface area (Å²) in [6, 6.07) is 3.02. The molecule has 0 aromatic heterocycles. The Balaban J connectivity index is 2.18. The van der Waals surface area contributed by atoms with E-state index >= 15 is 0 Å². The van der Waals surface area contributed by atoms with E-state index in [2.05, 4.69) is 12.2 Å². The minimum absolute atomic E-state index is 0.0298. The maximum Gasteiger partial charge on any atom is 0.270 e. The summed E-state index contributed by atoms with van der Waals surface area (Å²) in [6.07, 6.45) is 1.51. The van der Waals surface area contributed by atoms with Crippen molar-refractivity contribution in [3.63, 3.8) is 0 Å². The van der Waals surface area contributed by atoms with E-state index < -0.39 is 16.6 Å². The third kappa shape index (κ3) is 3.18. The topological polar surface area (TPSA) is 75.5 Å². The summed E-state index contributed by atoms with van der Waals surface area (Å²) in [4.78, 5) is 24.0. The highest BCUT2D eigenvalue weighted by molar-refractivity contribution is 5.95. The Morgan fingerprint density at radius 3 is 2.57 bits per heavy atom.